The van der Waals surface area contributed by atoms with Gasteiger partial charge in [0.15, 0.2) is 0 Å². The van der Waals surface area contributed by atoms with E-state index in [2.05, 4.69) is 10.4 Å². The molecule has 0 saturated heterocycles. The van der Waals surface area contributed by atoms with E-state index in [0.717, 1.165) is 17.7 Å². The summed E-state index contributed by atoms with van der Waals surface area (Å²) < 4.78 is 1.75. The number of hydrogen-bond donors (Lipinski definition) is 2. The van der Waals surface area contributed by atoms with E-state index in [9.17, 15) is 4.79 Å². The Morgan fingerprint density at radius 3 is 2.89 bits per heavy atom. The smallest absolute Gasteiger partial charge is 0.335 e. The lowest BCUT2D eigenvalue weighted by Crippen LogP contribution is -2.05. The van der Waals surface area contributed by atoms with Crippen molar-refractivity contribution < 1.29 is 9.90 Å². The van der Waals surface area contributed by atoms with Gasteiger partial charge in [-0.2, -0.15) is 5.10 Å². The molecule has 0 aliphatic heterocycles. The molecule has 0 aliphatic rings. The van der Waals surface area contributed by atoms with Crippen LogP contribution in [-0.2, 0) is 13.5 Å². The van der Waals surface area contributed by atoms with Crippen molar-refractivity contribution >= 4 is 23.3 Å². The molecule has 0 unspecified atom stereocenters. The second kappa shape index (κ2) is 5.75. The number of halogens is 1. The monoisotopic (exact) mass is 279 g/mol. The molecule has 2 N–H and O–H groups in total. The third-order valence-corrected chi connectivity index (χ3v) is 3.02. The Bertz CT molecular complexity index is 595. The summed E-state index contributed by atoms with van der Waals surface area (Å²) in [5.74, 6) is -0.983. The summed E-state index contributed by atoms with van der Waals surface area (Å²) in [7, 11) is 1.87. The Kier molecular flexibility index (Phi) is 4.06. The number of carboxylic acids is 1. The first kappa shape index (κ1) is 13.4. The topological polar surface area (TPSA) is 67.2 Å². The predicted octanol–water partition coefficient (Wildman–Crippen LogP) is 2.43. The number of aromatic nitrogens is 2. The van der Waals surface area contributed by atoms with Gasteiger partial charge in [-0.1, -0.05) is 11.6 Å². The highest BCUT2D eigenvalue weighted by Crippen LogP contribution is 2.23. The van der Waals surface area contributed by atoms with E-state index in [1.165, 1.54) is 12.1 Å². The third-order valence-electron chi connectivity index (χ3n) is 2.70. The van der Waals surface area contributed by atoms with Gasteiger partial charge in [-0.25, -0.2) is 4.79 Å². The first-order valence-corrected chi connectivity index (χ1v) is 6.18. The average Bonchev–Trinajstić information content (AvgIpc) is 2.77. The minimum Gasteiger partial charge on any atom is -0.478 e. The van der Waals surface area contributed by atoms with Crippen LogP contribution in [0, 0.1) is 0 Å². The van der Waals surface area contributed by atoms with Crippen LogP contribution in [0.1, 0.15) is 15.9 Å². The number of nitrogens with one attached hydrogen (secondary N) is 1. The lowest BCUT2D eigenvalue weighted by atomic mass is 10.2. The summed E-state index contributed by atoms with van der Waals surface area (Å²) >= 11 is 6.02. The zero-order valence-corrected chi connectivity index (χ0v) is 11.2. The van der Waals surface area contributed by atoms with Crippen LogP contribution in [0.5, 0.6) is 0 Å². The van der Waals surface area contributed by atoms with Gasteiger partial charge < -0.3 is 10.4 Å². The Balaban J connectivity index is 1.94. The SMILES string of the molecule is Cn1cc(CCNc2ccc(C(=O)O)cc2Cl)cn1. The first-order chi connectivity index (χ1) is 9.06. The van der Waals surface area contributed by atoms with E-state index in [1.807, 2.05) is 19.4 Å². The fraction of sp³-hybridized carbons (Fsp3) is 0.231. The van der Waals surface area contributed by atoms with E-state index in [1.54, 1.807) is 10.7 Å². The van der Waals surface area contributed by atoms with Crippen LogP contribution in [0.3, 0.4) is 0 Å². The number of aryl methyl sites for hydroxylation is 1. The normalized spacial score (nSPS) is 10.4. The van der Waals surface area contributed by atoms with Crippen molar-refractivity contribution in [1.82, 2.24) is 9.78 Å². The predicted molar refractivity (Wildman–Crippen MR) is 73.8 cm³/mol. The molecule has 2 aromatic rings. The molecule has 19 heavy (non-hydrogen) atoms. The van der Waals surface area contributed by atoms with Gasteiger partial charge in [-0.3, -0.25) is 4.68 Å². The van der Waals surface area contributed by atoms with Crippen molar-refractivity contribution in [3.05, 3.63) is 46.7 Å². The first-order valence-electron chi connectivity index (χ1n) is 5.80. The molecule has 2 rings (SSSR count). The van der Waals surface area contributed by atoms with Crippen LogP contribution in [0.2, 0.25) is 5.02 Å². The summed E-state index contributed by atoms with van der Waals surface area (Å²) in [5.41, 5.74) is 2.05. The van der Waals surface area contributed by atoms with Crippen LogP contribution in [0.15, 0.2) is 30.6 Å². The maximum atomic E-state index is 10.8. The maximum absolute atomic E-state index is 10.8. The Morgan fingerprint density at radius 2 is 2.32 bits per heavy atom. The number of nitrogens with zero attached hydrogens (tertiary/aromatic N) is 2. The molecule has 0 saturated carbocycles. The molecule has 0 amide bonds. The van der Waals surface area contributed by atoms with Crippen LogP contribution < -0.4 is 5.32 Å². The Morgan fingerprint density at radius 1 is 1.53 bits per heavy atom. The van der Waals surface area contributed by atoms with Gasteiger partial charge in [0.2, 0.25) is 0 Å². The molecule has 0 radical (unpaired) electrons. The van der Waals surface area contributed by atoms with Crippen molar-refractivity contribution in [3.8, 4) is 0 Å². The van der Waals surface area contributed by atoms with E-state index < -0.39 is 5.97 Å². The summed E-state index contributed by atoms with van der Waals surface area (Å²) in [4.78, 5) is 10.8. The molecule has 0 atom stereocenters. The largest absolute Gasteiger partial charge is 0.478 e. The molecule has 1 aromatic carbocycles. The summed E-state index contributed by atoms with van der Waals surface area (Å²) in [5, 5.41) is 16.5. The Labute approximate surface area is 115 Å². The number of aromatic carboxylic acids is 1. The van der Waals surface area contributed by atoms with Crippen molar-refractivity contribution in [1.29, 1.82) is 0 Å². The molecular formula is C13H14ClN3O2. The highest BCUT2D eigenvalue weighted by atomic mass is 35.5. The summed E-state index contributed by atoms with van der Waals surface area (Å²) in [6, 6.07) is 4.64. The minimum atomic E-state index is -0.983. The van der Waals surface area contributed by atoms with Crippen LogP contribution in [0.25, 0.3) is 0 Å². The molecule has 5 nitrogen and oxygen atoms in total. The minimum absolute atomic E-state index is 0.183. The van der Waals surface area contributed by atoms with Gasteiger partial charge in [0, 0.05) is 19.8 Å². The molecular weight excluding hydrogens is 266 g/mol. The van der Waals surface area contributed by atoms with Gasteiger partial charge in [0.25, 0.3) is 0 Å². The molecule has 0 aliphatic carbocycles. The molecule has 6 heteroatoms. The van der Waals surface area contributed by atoms with Crippen molar-refractivity contribution in [2.75, 3.05) is 11.9 Å². The van der Waals surface area contributed by atoms with Crippen molar-refractivity contribution in [2.24, 2.45) is 7.05 Å². The zero-order chi connectivity index (χ0) is 13.8. The third kappa shape index (κ3) is 3.48. The second-order valence-electron chi connectivity index (χ2n) is 4.20. The maximum Gasteiger partial charge on any atom is 0.335 e. The molecule has 0 fully saturated rings. The van der Waals surface area contributed by atoms with Gasteiger partial charge in [0.05, 0.1) is 22.5 Å². The van der Waals surface area contributed by atoms with E-state index in [-0.39, 0.29) is 5.56 Å². The number of hydrogen-bond acceptors (Lipinski definition) is 3. The molecule has 1 aromatic heterocycles. The van der Waals surface area contributed by atoms with Crippen LogP contribution in [-0.4, -0.2) is 27.4 Å². The lowest BCUT2D eigenvalue weighted by Gasteiger charge is -2.08. The number of anilines is 1. The quantitative estimate of drug-likeness (QED) is 0.882. The number of carbonyl (C=O) groups is 1. The molecule has 100 valence electrons. The number of benzene rings is 1. The van der Waals surface area contributed by atoms with E-state index in [4.69, 9.17) is 16.7 Å². The van der Waals surface area contributed by atoms with Gasteiger partial charge >= 0.3 is 5.97 Å². The highest BCUT2D eigenvalue weighted by Gasteiger charge is 2.06. The fourth-order valence-electron chi connectivity index (χ4n) is 1.73. The Hall–Kier alpha value is -2.01. The van der Waals surface area contributed by atoms with E-state index >= 15 is 0 Å². The van der Waals surface area contributed by atoms with Crippen LogP contribution >= 0.6 is 11.6 Å². The molecule has 0 spiro atoms. The standard InChI is InChI=1S/C13H14ClN3O2/c1-17-8-9(7-16-17)4-5-15-12-3-2-10(13(18)19)6-11(12)14/h2-3,6-8,15H,4-5H2,1H3,(H,18,19). The summed E-state index contributed by atoms with van der Waals surface area (Å²) in [6.07, 6.45) is 4.60. The van der Waals surface area contributed by atoms with Crippen molar-refractivity contribution in [2.45, 2.75) is 6.42 Å². The fourth-order valence-corrected chi connectivity index (χ4v) is 1.98. The van der Waals surface area contributed by atoms with Crippen LogP contribution in [0.4, 0.5) is 5.69 Å². The van der Waals surface area contributed by atoms with E-state index in [0.29, 0.717) is 11.6 Å². The van der Waals surface area contributed by atoms with Crippen molar-refractivity contribution in [3.63, 3.8) is 0 Å². The molecule has 1 heterocycles. The number of rotatable bonds is 5. The second-order valence-corrected chi connectivity index (χ2v) is 4.61. The highest BCUT2D eigenvalue weighted by molar-refractivity contribution is 6.33. The zero-order valence-electron chi connectivity index (χ0n) is 10.4. The molecule has 0 bridgehead atoms. The summed E-state index contributed by atoms with van der Waals surface area (Å²) in [6.45, 7) is 0.706. The van der Waals surface area contributed by atoms with Gasteiger partial charge in [0.1, 0.15) is 0 Å². The number of carboxylic acid groups (broad SMARTS) is 1. The van der Waals surface area contributed by atoms with Gasteiger partial charge in [-0.15, -0.1) is 0 Å². The lowest BCUT2D eigenvalue weighted by molar-refractivity contribution is 0.0697. The average molecular weight is 280 g/mol. The van der Waals surface area contributed by atoms with Gasteiger partial charge in [-0.05, 0) is 30.2 Å².